The largest absolute Gasteiger partial charge is 0.394 e. The minimum absolute atomic E-state index is 0.0366. The zero-order chi connectivity index (χ0) is 28.7. The third-order valence-electron chi connectivity index (χ3n) is 8.93. The molecule has 1 aromatic heterocycles. The Bertz CT molecular complexity index is 1240. The number of aryl methyl sites for hydroxylation is 1. The monoisotopic (exact) mass is 553 g/mol. The second kappa shape index (κ2) is 11.4. The molecule has 0 unspecified atom stereocenters. The van der Waals surface area contributed by atoms with Crippen LogP contribution in [0.5, 0.6) is 0 Å². The van der Waals surface area contributed by atoms with Crippen molar-refractivity contribution in [2.75, 3.05) is 64.0 Å². The highest BCUT2D eigenvalue weighted by molar-refractivity contribution is 5.97. The van der Waals surface area contributed by atoms with Crippen LogP contribution in [0.1, 0.15) is 50.1 Å². The second-order valence-corrected chi connectivity index (χ2v) is 12.9. The molecule has 2 fully saturated rings. The highest BCUT2D eigenvalue weighted by Crippen LogP contribution is 2.40. The third kappa shape index (κ3) is 5.94. The van der Waals surface area contributed by atoms with Crippen LogP contribution in [0.2, 0.25) is 0 Å². The molecule has 1 amide bonds. The molecule has 0 bridgehead atoms. The molecule has 8 nitrogen and oxygen atoms in total. The summed E-state index contributed by atoms with van der Waals surface area (Å²) in [6.07, 6.45) is 2.53. The topological polar surface area (TPSA) is 81.2 Å². The summed E-state index contributed by atoms with van der Waals surface area (Å²) in [6, 6.07) is 7.40. The number of morpholine rings is 1. The van der Waals surface area contributed by atoms with Crippen molar-refractivity contribution in [1.29, 1.82) is 0 Å². The number of pyridine rings is 1. The highest BCUT2D eigenvalue weighted by atomic mass is 19.1. The van der Waals surface area contributed by atoms with Crippen LogP contribution in [-0.4, -0.2) is 103 Å². The fourth-order valence-corrected chi connectivity index (χ4v) is 6.38. The Balaban J connectivity index is 1.35. The number of rotatable bonds is 7. The fraction of sp³-hybridized carbons (Fsp3) is 0.613. The molecule has 4 heterocycles. The average Bonchev–Trinajstić information content (AvgIpc) is 3.18. The van der Waals surface area contributed by atoms with E-state index in [-0.39, 0.29) is 35.8 Å². The first-order valence-electron chi connectivity index (χ1n) is 14.4. The number of aromatic nitrogens is 1. The number of aliphatic hydroxyl groups excluding tert-OH is 1. The smallest absolute Gasteiger partial charge is 0.241 e. The zero-order valence-electron chi connectivity index (χ0n) is 24.5. The predicted molar refractivity (Wildman–Crippen MR) is 154 cm³/mol. The first-order chi connectivity index (χ1) is 19.0. The number of nitrogens with one attached hydrogen (secondary N) is 1. The molecular weight excluding hydrogens is 509 g/mol. The van der Waals surface area contributed by atoms with Crippen molar-refractivity contribution in [3.05, 3.63) is 58.7 Å². The molecule has 0 saturated carbocycles. The SMILES string of the molecule is Cc1cc(F)ccc1Cc1cnc2c(c1)N(C(=O)CN1C[C@@H](C)NC[C@@H]1CN1CCOC[C@@]1(C)CO)CC2(C)C. The first-order valence-corrected chi connectivity index (χ1v) is 14.4. The third-order valence-corrected chi connectivity index (χ3v) is 8.93. The Morgan fingerprint density at radius 3 is 2.83 bits per heavy atom. The van der Waals surface area contributed by atoms with Crippen LogP contribution in [0, 0.1) is 12.7 Å². The van der Waals surface area contributed by atoms with Crippen molar-refractivity contribution in [2.24, 2.45) is 0 Å². The van der Waals surface area contributed by atoms with Crippen LogP contribution < -0.4 is 10.2 Å². The summed E-state index contributed by atoms with van der Waals surface area (Å²) in [6.45, 7) is 15.6. The molecule has 5 rings (SSSR count). The number of carbonyl (C=O) groups is 1. The Morgan fingerprint density at radius 2 is 2.08 bits per heavy atom. The maximum absolute atomic E-state index is 14.0. The lowest BCUT2D eigenvalue weighted by Gasteiger charge is -2.48. The molecule has 9 heteroatoms. The van der Waals surface area contributed by atoms with Crippen LogP contribution >= 0.6 is 0 Å². The van der Waals surface area contributed by atoms with Crippen molar-refractivity contribution >= 4 is 11.6 Å². The van der Waals surface area contributed by atoms with E-state index >= 15 is 0 Å². The number of hydrogen-bond donors (Lipinski definition) is 2. The molecule has 0 spiro atoms. The van der Waals surface area contributed by atoms with Gasteiger partial charge in [0.15, 0.2) is 0 Å². The summed E-state index contributed by atoms with van der Waals surface area (Å²) in [5, 5.41) is 13.7. The maximum Gasteiger partial charge on any atom is 0.241 e. The normalized spacial score (nSPS) is 27.1. The van der Waals surface area contributed by atoms with Crippen LogP contribution in [-0.2, 0) is 21.4 Å². The molecule has 3 atom stereocenters. The van der Waals surface area contributed by atoms with Gasteiger partial charge < -0.3 is 20.1 Å². The lowest BCUT2D eigenvalue weighted by molar-refractivity contribution is -0.122. The Hall–Kier alpha value is -2.43. The van der Waals surface area contributed by atoms with Crippen molar-refractivity contribution in [2.45, 2.75) is 64.1 Å². The standard InChI is InChI=1S/C31H44FN5O3/c1-21-10-25(32)7-6-24(21)11-23-12-27-29(34-13-23)30(3,4)18-37(27)28(39)17-35-15-22(2)33-14-26(35)16-36-8-9-40-20-31(36,5)19-38/h6-7,10,12-13,22,26,33,38H,8-9,11,14-20H2,1-5H3/t22-,26-,31-/m1/s1. The van der Waals surface area contributed by atoms with E-state index < -0.39 is 5.54 Å². The molecule has 2 aromatic rings. The molecule has 2 saturated heterocycles. The lowest BCUT2D eigenvalue weighted by atomic mass is 9.91. The quantitative estimate of drug-likeness (QED) is 0.545. The summed E-state index contributed by atoms with van der Waals surface area (Å²) in [4.78, 5) is 25.3. The highest BCUT2D eigenvalue weighted by Gasteiger charge is 2.42. The van der Waals surface area contributed by atoms with Crippen LogP contribution in [0.25, 0.3) is 0 Å². The van der Waals surface area contributed by atoms with Crippen molar-refractivity contribution in [3.8, 4) is 0 Å². The number of halogens is 1. The van der Waals surface area contributed by atoms with E-state index in [9.17, 15) is 14.3 Å². The number of aliphatic hydroxyl groups is 1. The van der Waals surface area contributed by atoms with Crippen molar-refractivity contribution < 1.29 is 19.0 Å². The van der Waals surface area contributed by atoms with Gasteiger partial charge in [-0.2, -0.15) is 0 Å². The second-order valence-electron chi connectivity index (χ2n) is 12.9. The number of benzene rings is 1. The molecule has 2 N–H and O–H groups in total. The summed E-state index contributed by atoms with van der Waals surface area (Å²) < 4.78 is 19.3. The van der Waals surface area contributed by atoms with E-state index in [4.69, 9.17) is 9.72 Å². The predicted octanol–water partition coefficient (Wildman–Crippen LogP) is 2.49. The molecule has 3 aliphatic rings. The van der Waals surface area contributed by atoms with Gasteiger partial charge >= 0.3 is 0 Å². The minimum atomic E-state index is -0.417. The Morgan fingerprint density at radius 1 is 1.27 bits per heavy atom. The Kier molecular flexibility index (Phi) is 8.32. The summed E-state index contributed by atoms with van der Waals surface area (Å²) in [5.74, 6) is -0.156. The molecule has 3 aliphatic heterocycles. The minimum Gasteiger partial charge on any atom is -0.394 e. The lowest BCUT2D eigenvalue weighted by Crippen LogP contribution is -2.65. The van der Waals surface area contributed by atoms with E-state index in [0.717, 1.165) is 54.3 Å². The van der Waals surface area contributed by atoms with Gasteiger partial charge in [0.1, 0.15) is 5.82 Å². The van der Waals surface area contributed by atoms with E-state index in [0.29, 0.717) is 32.7 Å². The van der Waals surface area contributed by atoms with Gasteiger partial charge in [0.2, 0.25) is 5.91 Å². The van der Waals surface area contributed by atoms with Gasteiger partial charge in [-0.1, -0.05) is 19.9 Å². The van der Waals surface area contributed by atoms with Gasteiger partial charge in [-0.3, -0.25) is 19.6 Å². The number of nitrogens with zero attached hydrogens (tertiary/aromatic N) is 4. The number of amides is 1. The van der Waals surface area contributed by atoms with Crippen LogP contribution in [0.4, 0.5) is 10.1 Å². The molecular formula is C31H44FN5O3. The Labute approximate surface area is 237 Å². The van der Waals surface area contributed by atoms with E-state index in [2.05, 4.69) is 42.0 Å². The molecule has 1 aromatic carbocycles. The van der Waals surface area contributed by atoms with Gasteiger partial charge in [-0.05, 0) is 62.1 Å². The van der Waals surface area contributed by atoms with Crippen LogP contribution in [0.15, 0.2) is 30.5 Å². The van der Waals surface area contributed by atoms with E-state index in [1.54, 1.807) is 6.07 Å². The van der Waals surface area contributed by atoms with E-state index in [1.807, 2.05) is 31.0 Å². The number of fused-ring (bicyclic) bond motifs is 1. The maximum atomic E-state index is 14.0. The van der Waals surface area contributed by atoms with Gasteiger partial charge in [-0.15, -0.1) is 0 Å². The van der Waals surface area contributed by atoms with Gasteiger partial charge in [-0.25, -0.2) is 4.39 Å². The van der Waals surface area contributed by atoms with Crippen molar-refractivity contribution in [3.63, 3.8) is 0 Å². The number of anilines is 1. The molecule has 218 valence electrons. The number of carbonyl (C=O) groups excluding carboxylic acids is 1. The number of hydrogen-bond acceptors (Lipinski definition) is 7. The van der Waals surface area contributed by atoms with Crippen molar-refractivity contribution in [1.82, 2.24) is 20.1 Å². The number of piperazine rings is 1. The van der Waals surface area contributed by atoms with Gasteiger partial charge in [0.05, 0.1) is 43.3 Å². The first kappa shape index (κ1) is 29.1. The summed E-state index contributed by atoms with van der Waals surface area (Å²) in [7, 11) is 0. The zero-order valence-corrected chi connectivity index (χ0v) is 24.5. The van der Waals surface area contributed by atoms with Gasteiger partial charge in [0, 0.05) is 56.4 Å². The van der Waals surface area contributed by atoms with Crippen LogP contribution in [0.3, 0.4) is 0 Å². The van der Waals surface area contributed by atoms with E-state index in [1.165, 1.54) is 6.07 Å². The molecule has 40 heavy (non-hydrogen) atoms. The fourth-order valence-electron chi connectivity index (χ4n) is 6.38. The summed E-state index contributed by atoms with van der Waals surface area (Å²) >= 11 is 0. The number of ether oxygens (including phenoxy) is 1. The summed E-state index contributed by atoms with van der Waals surface area (Å²) in [5.41, 5.74) is 4.13. The molecule has 0 radical (unpaired) electrons. The van der Waals surface area contributed by atoms with Gasteiger partial charge in [0.25, 0.3) is 0 Å². The average molecular weight is 554 g/mol. The molecule has 0 aliphatic carbocycles.